The van der Waals surface area contributed by atoms with Crippen LogP contribution in [0.25, 0.3) is 10.2 Å². The molecule has 1 N–H and O–H groups in total. The molecule has 0 spiro atoms. The third kappa shape index (κ3) is 3.90. The van der Waals surface area contributed by atoms with Crippen LogP contribution in [0.2, 0.25) is 0 Å². The molecule has 1 aliphatic heterocycles. The van der Waals surface area contributed by atoms with Gasteiger partial charge < -0.3 is 19.2 Å². The second-order valence-electron chi connectivity index (χ2n) is 7.07. The largest absolute Gasteiger partial charge is 0.486 e. The number of methoxy groups -OCH3 is 1. The van der Waals surface area contributed by atoms with Gasteiger partial charge in [0.05, 0.1) is 19.0 Å². The van der Waals surface area contributed by atoms with Gasteiger partial charge >= 0.3 is 5.97 Å². The Balaban J connectivity index is 1.52. The molecule has 8 nitrogen and oxygen atoms in total. The summed E-state index contributed by atoms with van der Waals surface area (Å²) in [5.74, 6) is 1.58. The third-order valence-electron chi connectivity index (χ3n) is 5.07. The molecular weight excluding hydrogens is 406 g/mol. The van der Waals surface area contributed by atoms with Crippen LogP contribution in [0.4, 0.5) is 0 Å². The number of nitrogens with zero attached hydrogens (tertiary/aromatic N) is 2. The Morgan fingerprint density at radius 3 is 2.87 bits per heavy atom. The van der Waals surface area contributed by atoms with Crippen molar-refractivity contribution in [2.45, 2.75) is 26.5 Å². The van der Waals surface area contributed by atoms with E-state index < -0.39 is 5.97 Å². The number of para-hydroxylation sites is 2. The van der Waals surface area contributed by atoms with Crippen molar-refractivity contribution in [3.05, 3.63) is 50.9 Å². The average Bonchev–Trinajstić information content (AvgIpc) is 3.09. The number of aryl methyl sites for hydroxylation is 1. The summed E-state index contributed by atoms with van der Waals surface area (Å²) in [7, 11) is 1.32. The molecule has 30 heavy (non-hydrogen) atoms. The molecular formula is C21H23N3O5S. The van der Waals surface area contributed by atoms with Crippen LogP contribution in [-0.4, -0.2) is 53.7 Å². The Kier molecular flexibility index (Phi) is 5.74. The molecule has 0 unspecified atom stereocenters. The van der Waals surface area contributed by atoms with E-state index in [1.54, 1.807) is 6.92 Å². The van der Waals surface area contributed by atoms with Gasteiger partial charge in [-0.2, -0.15) is 0 Å². The van der Waals surface area contributed by atoms with Crippen molar-refractivity contribution in [3.8, 4) is 11.5 Å². The van der Waals surface area contributed by atoms with Crippen molar-refractivity contribution in [2.75, 3.05) is 26.8 Å². The van der Waals surface area contributed by atoms with Gasteiger partial charge in [-0.15, -0.1) is 11.3 Å². The standard InChI is InChI=1S/C21H23N3O5S/c1-4-24(9-13-11-28-14-7-5-6-8-15(14)29-13)10-16-22-19(25)17-12(2)18(21(26)27-3)30-20(17)23-16/h5-8,13H,4,9-11H2,1-3H3,(H,22,23,25)/t13-/m0/s1. The van der Waals surface area contributed by atoms with Crippen molar-refractivity contribution in [1.29, 1.82) is 0 Å². The first-order valence-electron chi connectivity index (χ1n) is 9.71. The van der Waals surface area contributed by atoms with Gasteiger partial charge in [0.25, 0.3) is 5.56 Å². The molecule has 4 rings (SSSR count). The quantitative estimate of drug-likeness (QED) is 0.602. The predicted octanol–water partition coefficient (Wildman–Crippen LogP) is 2.74. The molecule has 0 saturated carbocycles. The van der Waals surface area contributed by atoms with Gasteiger partial charge in [-0.05, 0) is 31.2 Å². The summed E-state index contributed by atoms with van der Waals surface area (Å²) in [5, 5.41) is 0.438. The van der Waals surface area contributed by atoms with Crippen LogP contribution in [0.15, 0.2) is 29.1 Å². The number of hydrogen-bond donors (Lipinski definition) is 1. The fourth-order valence-electron chi connectivity index (χ4n) is 3.51. The number of carbonyl (C=O) groups excluding carboxylic acids is 1. The van der Waals surface area contributed by atoms with Gasteiger partial charge in [-0.3, -0.25) is 9.69 Å². The number of ether oxygens (including phenoxy) is 3. The smallest absolute Gasteiger partial charge is 0.348 e. The summed E-state index contributed by atoms with van der Waals surface area (Å²) in [5.41, 5.74) is 0.349. The van der Waals surface area contributed by atoms with Crippen molar-refractivity contribution < 1.29 is 19.0 Å². The Morgan fingerprint density at radius 2 is 2.13 bits per heavy atom. The first-order chi connectivity index (χ1) is 14.5. The fourth-order valence-corrected chi connectivity index (χ4v) is 4.63. The van der Waals surface area contributed by atoms with Gasteiger partial charge in [-0.1, -0.05) is 19.1 Å². The fraction of sp³-hybridized carbons (Fsp3) is 0.381. The summed E-state index contributed by atoms with van der Waals surface area (Å²) < 4.78 is 16.6. The lowest BCUT2D eigenvalue weighted by atomic mass is 10.2. The topological polar surface area (TPSA) is 93.8 Å². The van der Waals surface area contributed by atoms with Gasteiger partial charge in [0.2, 0.25) is 0 Å². The van der Waals surface area contributed by atoms with Gasteiger partial charge in [0, 0.05) is 6.54 Å². The Hall–Kier alpha value is -2.91. The highest BCUT2D eigenvalue weighted by Gasteiger charge is 2.24. The van der Waals surface area contributed by atoms with Gasteiger partial charge in [0.1, 0.15) is 28.2 Å². The minimum Gasteiger partial charge on any atom is -0.486 e. The van der Waals surface area contributed by atoms with E-state index in [0.717, 1.165) is 18.0 Å². The van der Waals surface area contributed by atoms with Crippen LogP contribution in [0, 0.1) is 6.92 Å². The number of aromatic nitrogens is 2. The highest BCUT2D eigenvalue weighted by Crippen LogP contribution is 2.31. The molecule has 0 amide bonds. The number of hydrogen-bond acceptors (Lipinski definition) is 8. The molecule has 3 aromatic rings. The second kappa shape index (κ2) is 8.45. The van der Waals surface area contributed by atoms with E-state index in [1.807, 2.05) is 31.2 Å². The summed E-state index contributed by atoms with van der Waals surface area (Å²) in [6, 6.07) is 7.61. The summed E-state index contributed by atoms with van der Waals surface area (Å²) in [4.78, 5) is 35.1. The maximum Gasteiger partial charge on any atom is 0.348 e. The van der Waals surface area contributed by atoms with Crippen LogP contribution in [0.1, 0.15) is 28.0 Å². The lowest BCUT2D eigenvalue weighted by molar-refractivity contribution is 0.0573. The monoisotopic (exact) mass is 429 g/mol. The molecule has 1 aliphatic rings. The number of aromatic amines is 1. The first-order valence-corrected chi connectivity index (χ1v) is 10.5. The highest BCUT2D eigenvalue weighted by atomic mass is 32.1. The molecule has 0 fully saturated rings. The molecule has 0 saturated heterocycles. The molecule has 0 bridgehead atoms. The molecule has 3 heterocycles. The van der Waals surface area contributed by atoms with E-state index in [0.29, 0.717) is 46.2 Å². The number of likely N-dealkylation sites (N-methyl/N-ethyl adjacent to an activating group) is 1. The average molecular weight is 429 g/mol. The number of H-pyrrole nitrogens is 1. The second-order valence-corrected chi connectivity index (χ2v) is 8.06. The Labute approximate surface area is 177 Å². The van der Waals surface area contributed by atoms with Crippen LogP contribution in [0.5, 0.6) is 11.5 Å². The van der Waals surface area contributed by atoms with Crippen LogP contribution in [-0.2, 0) is 11.3 Å². The number of thiophene rings is 1. The minimum absolute atomic E-state index is 0.120. The predicted molar refractivity (Wildman–Crippen MR) is 114 cm³/mol. The van der Waals surface area contributed by atoms with Gasteiger partial charge in [-0.25, -0.2) is 9.78 Å². The van der Waals surface area contributed by atoms with Crippen molar-refractivity contribution in [2.24, 2.45) is 0 Å². The number of esters is 1. The zero-order valence-corrected chi connectivity index (χ0v) is 17.9. The molecule has 9 heteroatoms. The van der Waals surface area contributed by atoms with Crippen molar-refractivity contribution in [1.82, 2.24) is 14.9 Å². The molecule has 0 aliphatic carbocycles. The number of carbonyl (C=O) groups is 1. The molecule has 158 valence electrons. The zero-order chi connectivity index (χ0) is 21.3. The lowest BCUT2D eigenvalue weighted by Gasteiger charge is -2.30. The van der Waals surface area contributed by atoms with Crippen LogP contribution < -0.4 is 15.0 Å². The molecule has 1 atom stereocenters. The maximum absolute atomic E-state index is 12.6. The summed E-state index contributed by atoms with van der Waals surface area (Å²) >= 11 is 1.18. The van der Waals surface area contributed by atoms with Crippen molar-refractivity contribution in [3.63, 3.8) is 0 Å². The van der Waals surface area contributed by atoms with Crippen molar-refractivity contribution >= 4 is 27.5 Å². The molecule has 1 aromatic carbocycles. The van der Waals surface area contributed by atoms with Crippen LogP contribution >= 0.6 is 11.3 Å². The Morgan fingerprint density at radius 1 is 1.37 bits per heavy atom. The van der Waals surface area contributed by atoms with E-state index in [1.165, 1.54) is 18.4 Å². The first kappa shape index (κ1) is 20.4. The van der Waals surface area contributed by atoms with E-state index in [9.17, 15) is 9.59 Å². The van der Waals surface area contributed by atoms with E-state index in [-0.39, 0.29) is 11.7 Å². The third-order valence-corrected chi connectivity index (χ3v) is 6.24. The lowest BCUT2D eigenvalue weighted by Crippen LogP contribution is -2.41. The van der Waals surface area contributed by atoms with E-state index in [4.69, 9.17) is 14.2 Å². The summed E-state index contributed by atoms with van der Waals surface area (Å²) in [6.45, 7) is 6.07. The maximum atomic E-state index is 12.6. The Bertz CT molecular complexity index is 1140. The van der Waals surface area contributed by atoms with E-state index >= 15 is 0 Å². The number of fused-ring (bicyclic) bond motifs is 2. The summed E-state index contributed by atoms with van der Waals surface area (Å²) in [6.07, 6.45) is -0.120. The number of benzene rings is 1. The number of rotatable bonds is 6. The highest BCUT2D eigenvalue weighted by molar-refractivity contribution is 7.20. The van der Waals surface area contributed by atoms with Gasteiger partial charge in [0.15, 0.2) is 11.5 Å². The minimum atomic E-state index is -0.457. The normalized spacial score (nSPS) is 15.5. The molecule has 0 radical (unpaired) electrons. The SMILES string of the molecule is CCN(Cc1nc2sc(C(=O)OC)c(C)c2c(=O)[nH]1)C[C@H]1COc2ccccc2O1. The van der Waals surface area contributed by atoms with E-state index in [2.05, 4.69) is 14.9 Å². The van der Waals surface area contributed by atoms with Crippen LogP contribution in [0.3, 0.4) is 0 Å². The molecule has 2 aromatic heterocycles. The number of nitrogens with one attached hydrogen (secondary N) is 1. The zero-order valence-electron chi connectivity index (χ0n) is 17.1.